The Labute approximate surface area is 133 Å². The van der Waals surface area contributed by atoms with E-state index in [4.69, 9.17) is 0 Å². The molecule has 0 radical (unpaired) electrons. The minimum Gasteiger partial charge on any atom is -0.329 e. The van der Waals surface area contributed by atoms with Gasteiger partial charge in [0.25, 0.3) is 0 Å². The normalized spacial score (nSPS) is 24.0. The molecule has 0 aromatic heterocycles. The van der Waals surface area contributed by atoms with Crippen molar-refractivity contribution in [3.05, 3.63) is 85.0 Å². The summed E-state index contributed by atoms with van der Waals surface area (Å²) in [5, 5.41) is 0. The maximum Gasteiger partial charge on any atom is 0.0788 e. The van der Waals surface area contributed by atoms with Gasteiger partial charge in [-0.25, -0.2) is 0 Å². The molecule has 2 unspecified atom stereocenters. The van der Waals surface area contributed by atoms with Crippen molar-refractivity contribution in [3.8, 4) is 0 Å². The average Bonchev–Trinajstić information content (AvgIpc) is 2.72. The van der Waals surface area contributed by atoms with Crippen LogP contribution < -0.4 is 4.90 Å². The largest absolute Gasteiger partial charge is 0.329 e. The van der Waals surface area contributed by atoms with Crippen molar-refractivity contribution in [3.63, 3.8) is 0 Å². The Hall–Kier alpha value is -2.28. The summed E-state index contributed by atoms with van der Waals surface area (Å²) in [6, 6.07) is 21.2. The van der Waals surface area contributed by atoms with E-state index in [1.165, 1.54) is 11.4 Å². The molecule has 112 valence electrons. The van der Waals surface area contributed by atoms with Crippen molar-refractivity contribution in [2.45, 2.75) is 25.8 Å². The fourth-order valence-electron chi connectivity index (χ4n) is 3.02. The van der Waals surface area contributed by atoms with Gasteiger partial charge in [-0.3, -0.25) is 0 Å². The van der Waals surface area contributed by atoms with Crippen LogP contribution in [0.3, 0.4) is 0 Å². The smallest absolute Gasteiger partial charge is 0.0788 e. The van der Waals surface area contributed by atoms with E-state index in [0.29, 0.717) is 5.92 Å². The summed E-state index contributed by atoms with van der Waals surface area (Å²) in [6.45, 7) is 4.54. The molecule has 2 aromatic carbocycles. The second-order valence-electron chi connectivity index (χ2n) is 6.21. The van der Waals surface area contributed by atoms with Gasteiger partial charge in [0, 0.05) is 11.4 Å². The first kappa shape index (κ1) is 14.6. The van der Waals surface area contributed by atoms with Gasteiger partial charge in [0.15, 0.2) is 0 Å². The highest BCUT2D eigenvalue weighted by Crippen LogP contribution is 2.36. The van der Waals surface area contributed by atoms with Crippen LogP contribution in [-0.2, 0) is 0 Å². The number of nitrogens with zero attached hydrogens (tertiary/aromatic N) is 1. The first-order valence-electron chi connectivity index (χ1n) is 7.96. The molecule has 0 fully saturated rings. The van der Waals surface area contributed by atoms with Crippen LogP contribution >= 0.6 is 0 Å². The molecule has 0 bridgehead atoms. The van der Waals surface area contributed by atoms with Crippen molar-refractivity contribution in [2.24, 2.45) is 5.92 Å². The molecule has 0 amide bonds. The third kappa shape index (κ3) is 2.99. The molecule has 1 aliphatic carbocycles. The fourth-order valence-corrected chi connectivity index (χ4v) is 3.02. The van der Waals surface area contributed by atoms with Gasteiger partial charge in [-0.05, 0) is 43.5 Å². The van der Waals surface area contributed by atoms with Crippen LogP contribution in [-0.4, -0.2) is 5.54 Å². The lowest BCUT2D eigenvalue weighted by molar-refractivity contribution is 0.697. The molecule has 0 aliphatic heterocycles. The quantitative estimate of drug-likeness (QED) is 0.652. The van der Waals surface area contributed by atoms with Crippen molar-refractivity contribution in [1.29, 1.82) is 0 Å². The average molecular weight is 289 g/mol. The highest BCUT2D eigenvalue weighted by Gasteiger charge is 2.29. The first-order chi connectivity index (χ1) is 10.7. The van der Waals surface area contributed by atoms with E-state index in [9.17, 15) is 0 Å². The number of anilines is 2. The Morgan fingerprint density at radius 3 is 1.95 bits per heavy atom. The van der Waals surface area contributed by atoms with Crippen LogP contribution in [0.4, 0.5) is 11.4 Å². The van der Waals surface area contributed by atoms with E-state index in [2.05, 4.69) is 104 Å². The molecule has 22 heavy (non-hydrogen) atoms. The summed E-state index contributed by atoms with van der Waals surface area (Å²) in [4.78, 5) is 2.40. The lowest BCUT2D eigenvalue weighted by Gasteiger charge is -2.39. The molecule has 1 heteroatoms. The molecule has 0 spiro atoms. The van der Waals surface area contributed by atoms with Crippen LogP contribution in [0.15, 0.2) is 85.0 Å². The minimum absolute atomic E-state index is 0.159. The Kier molecular flexibility index (Phi) is 4.15. The zero-order valence-corrected chi connectivity index (χ0v) is 13.3. The van der Waals surface area contributed by atoms with Crippen molar-refractivity contribution < 1.29 is 0 Å². The number of hydrogen-bond donors (Lipinski definition) is 0. The first-order valence-corrected chi connectivity index (χ1v) is 7.96. The molecule has 1 nitrogen and oxygen atoms in total. The molecule has 0 saturated carbocycles. The third-order valence-electron chi connectivity index (χ3n) is 4.24. The summed E-state index contributed by atoms with van der Waals surface area (Å²) < 4.78 is 0. The molecule has 2 atom stereocenters. The van der Waals surface area contributed by atoms with E-state index >= 15 is 0 Å². The molecule has 0 heterocycles. The zero-order valence-electron chi connectivity index (χ0n) is 13.3. The van der Waals surface area contributed by atoms with E-state index in [-0.39, 0.29) is 5.54 Å². The van der Waals surface area contributed by atoms with E-state index in [0.717, 1.165) is 6.42 Å². The van der Waals surface area contributed by atoms with Gasteiger partial charge in [0.1, 0.15) is 0 Å². The van der Waals surface area contributed by atoms with Gasteiger partial charge in [-0.2, -0.15) is 0 Å². The Balaban J connectivity index is 2.12. The topological polar surface area (TPSA) is 3.24 Å². The predicted octanol–water partition coefficient (Wildman–Crippen LogP) is 5.74. The molecule has 0 saturated heterocycles. The van der Waals surface area contributed by atoms with E-state index in [1.807, 2.05) is 0 Å². The summed E-state index contributed by atoms with van der Waals surface area (Å²) in [5.41, 5.74) is 2.26. The van der Waals surface area contributed by atoms with Gasteiger partial charge in [0.05, 0.1) is 5.54 Å². The summed E-state index contributed by atoms with van der Waals surface area (Å²) in [6.07, 6.45) is 10.4. The van der Waals surface area contributed by atoms with Crippen LogP contribution in [0, 0.1) is 5.92 Å². The lowest BCUT2D eigenvalue weighted by atomic mass is 9.96. The second kappa shape index (κ2) is 6.23. The highest BCUT2D eigenvalue weighted by atomic mass is 15.2. The number of hydrogen-bond acceptors (Lipinski definition) is 1. The van der Waals surface area contributed by atoms with Crippen molar-refractivity contribution in [2.75, 3.05) is 4.90 Å². The van der Waals surface area contributed by atoms with Crippen LogP contribution in [0.1, 0.15) is 20.3 Å². The highest BCUT2D eigenvalue weighted by molar-refractivity contribution is 5.68. The summed E-state index contributed by atoms with van der Waals surface area (Å²) >= 11 is 0. The number of benzene rings is 2. The van der Waals surface area contributed by atoms with E-state index in [1.54, 1.807) is 0 Å². The zero-order chi connectivity index (χ0) is 15.4. The predicted molar refractivity (Wildman–Crippen MR) is 95.5 cm³/mol. The van der Waals surface area contributed by atoms with Gasteiger partial charge in [-0.1, -0.05) is 67.6 Å². The Morgan fingerprint density at radius 1 is 0.864 bits per heavy atom. The number of rotatable bonds is 3. The van der Waals surface area contributed by atoms with Gasteiger partial charge in [0.2, 0.25) is 0 Å². The molecule has 1 aliphatic rings. The third-order valence-corrected chi connectivity index (χ3v) is 4.24. The Morgan fingerprint density at radius 2 is 1.41 bits per heavy atom. The number of allylic oxidation sites excluding steroid dienone is 2. The standard InChI is InChI=1S/C21H23N/c1-18-10-9-16-21(2,17-15-18)22(19-11-5-3-6-12-19)20-13-7-4-8-14-20/h3-9,11-18H,10H2,1-2H3. The van der Waals surface area contributed by atoms with Crippen LogP contribution in [0.5, 0.6) is 0 Å². The molecular weight excluding hydrogens is 266 g/mol. The second-order valence-corrected chi connectivity index (χ2v) is 6.21. The lowest BCUT2D eigenvalue weighted by Crippen LogP contribution is -2.39. The van der Waals surface area contributed by atoms with E-state index < -0.39 is 0 Å². The van der Waals surface area contributed by atoms with Crippen molar-refractivity contribution in [1.82, 2.24) is 0 Å². The summed E-state index contributed by atoms with van der Waals surface area (Å²) in [5.74, 6) is 0.589. The maximum atomic E-state index is 2.40. The minimum atomic E-state index is -0.159. The molecule has 3 rings (SSSR count). The Bertz CT molecular complexity index is 617. The van der Waals surface area contributed by atoms with Gasteiger partial charge in [-0.15, -0.1) is 0 Å². The van der Waals surface area contributed by atoms with Crippen LogP contribution in [0.2, 0.25) is 0 Å². The molecular formula is C21H23N. The van der Waals surface area contributed by atoms with Gasteiger partial charge < -0.3 is 4.90 Å². The molecule has 2 aromatic rings. The monoisotopic (exact) mass is 289 g/mol. The summed E-state index contributed by atoms with van der Waals surface area (Å²) in [7, 11) is 0. The van der Waals surface area contributed by atoms with Crippen LogP contribution in [0.25, 0.3) is 0 Å². The maximum absolute atomic E-state index is 2.40. The van der Waals surface area contributed by atoms with Crippen molar-refractivity contribution >= 4 is 11.4 Å². The van der Waals surface area contributed by atoms with Gasteiger partial charge >= 0.3 is 0 Å². The SMILES string of the molecule is CC1C=CC(C)(N(c2ccccc2)c2ccccc2)C=CC1. The fraction of sp³-hybridized carbons (Fsp3) is 0.238. The molecule has 0 N–H and O–H groups in total. The number of para-hydroxylation sites is 2.